The molecule has 1 saturated heterocycles. The summed E-state index contributed by atoms with van der Waals surface area (Å²) in [6, 6.07) is 5.67. The summed E-state index contributed by atoms with van der Waals surface area (Å²) in [4.78, 5) is 35.6. The van der Waals surface area contributed by atoms with Gasteiger partial charge in [0, 0.05) is 4.47 Å². The van der Waals surface area contributed by atoms with Gasteiger partial charge in [-0.15, -0.1) is 0 Å². The van der Waals surface area contributed by atoms with Gasteiger partial charge >= 0.3 is 11.9 Å². The van der Waals surface area contributed by atoms with Crippen LogP contribution in [0.15, 0.2) is 33.6 Å². The highest BCUT2D eigenvalue weighted by atomic mass is 79.9. The molecule has 6 nitrogen and oxygen atoms in total. The molecular formula is C14H10BrNO5S2. The van der Waals surface area contributed by atoms with Crippen molar-refractivity contribution in [3.63, 3.8) is 0 Å². The number of carbonyl (C=O) groups excluding carboxylic acids is 1. The molecule has 1 fully saturated rings. The quantitative estimate of drug-likeness (QED) is 0.563. The van der Waals surface area contributed by atoms with E-state index in [0.717, 1.165) is 26.7 Å². The minimum atomic E-state index is -1.52. The summed E-state index contributed by atoms with van der Waals surface area (Å²) in [7, 11) is 0. The zero-order chi connectivity index (χ0) is 17.1. The van der Waals surface area contributed by atoms with Crippen LogP contribution in [0.3, 0.4) is 0 Å². The Labute approximate surface area is 149 Å². The largest absolute Gasteiger partial charge is 0.481 e. The first-order valence-corrected chi connectivity index (χ1v) is 8.28. The molecule has 0 aromatic heterocycles. The van der Waals surface area contributed by atoms with Crippen molar-refractivity contribution in [1.82, 2.24) is 4.90 Å². The maximum Gasteiger partial charge on any atom is 0.327 e. The third-order valence-corrected chi connectivity index (χ3v) is 4.76. The van der Waals surface area contributed by atoms with Crippen LogP contribution in [-0.4, -0.2) is 43.3 Å². The van der Waals surface area contributed by atoms with Gasteiger partial charge in [0.2, 0.25) is 0 Å². The first kappa shape index (κ1) is 17.6. The molecule has 2 N–H and O–H groups in total. The molecule has 120 valence electrons. The van der Waals surface area contributed by atoms with Crippen LogP contribution in [0.5, 0.6) is 0 Å². The van der Waals surface area contributed by atoms with Crippen LogP contribution in [0.25, 0.3) is 6.08 Å². The van der Waals surface area contributed by atoms with Gasteiger partial charge in [-0.3, -0.25) is 14.5 Å². The van der Waals surface area contributed by atoms with Gasteiger partial charge in [-0.1, -0.05) is 52.0 Å². The average Bonchev–Trinajstić information content (AvgIpc) is 2.71. The molecule has 1 aromatic rings. The molecule has 1 aliphatic rings. The number of carboxylic acid groups (broad SMARTS) is 2. The molecule has 0 bridgehead atoms. The number of thioether (sulfide) groups is 1. The molecule has 1 amide bonds. The number of benzene rings is 1. The highest BCUT2D eigenvalue weighted by Crippen LogP contribution is 2.34. The Hall–Kier alpha value is -1.71. The third-order valence-electron chi connectivity index (χ3n) is 2.93. The second-order valence-corrected chi connectivity index (χ2v) is 7.15. The summed E-state index contributed by atoms with van der Waals surface area (Å²) in [6.07, 6.45) is 0.871. The maximum atomic E-state index is 12.4. The van der Waals surface area contributed by atoms with Gasteiger partial charge < -0.3 is 10.2 Å². The van der Waals surface area contributed by atoms with Crippen LogP contribution in [0.1, 0.15) is 12.0 Å². The highest BCUT2D eigenvalue weighted by molar-refractivity contribution is 9.10. The first-order valence-electron chi connectivity index (χ1n) is 6.27. The van der Waals surface area contributed by atoms with E-state index < -0.39 is 30.3 Å². The van der Waals surface area contributed by atoms with E-state index in [-0.39, 0.29) is 9.23 Å². The Morgan fingerprint density at radius 3 is 2.65 bits per heavy atom. The molecule has 0 spiro atoms. The van der Waals surface area contributed by atoms with E-state index in [1.165, 1.54) is 0 Å². The number of carboxylic acids is 2. The van der Waals surface area contributed by atoms with Crippen molar-refractivity contribution in [3.8, 4) is 0 Å². The lowest BCUT2D eigenvalue weighted by Gasteiger charge is -2.21. The van der Waals surface area contributed by atoms with E-state index in [9.17, 15) is 19.5 Å². The number of thiocarbonyl (C=S) groups is 1. The third kappa shape index (κ3) is 4.18. The predicted octanol–water partition coefficient (Wildman–Crippen LogP) is 2.58. The molecular weight excluding hydrogens is 406 g/mol. The van der Waals surface area contributed by atoms with Crippen molar-refractivity contribution >= 4 is 68.2 Å². The van der Waals surface area contributed by atoms with Crippen LogP contribution in [0.4, 0.5) is 0 Å². The number of hydrogen-bond donors (Lipinski definition) is 2. The van der Waals surface area contributed by atoms with Crippen molar-refractivity contribution in [2.45, 2.75) is 12.5 Å². The molecule has 0 aliphatic carbocycles. The van der Waals surface area contributed by atoms with Crippen LogP contribution in [0.2, 0.25) is 0 Å². The van der Waals surface area contributed by atoms with E-state index in [1.807, 2.05) is 6.07 Å². The molecule has 0 saturated carbocycles. The van der Waals surface area contributed by atoms with E-state index in [2.05, 4.69) is 15.9 Å². The van der Waals surface area contributed by atoms with Gasteiger partial charge in [0.05, 0.1) is 11.3 Å². The fraction of sp³-hybridized carbons (Fsp3) is 0.143. The SMILES string of the molecule is O=C(O)C[C@@H](C(=O)O)N1C(=O)/C(=C\c2cccc(Br)c2)SC1=S. The summed E-state index contributed by atoms with van der Waals surface area (Å²) in [5.74, 6) is -3.33. The van der Waals surface area contributed by atoms with Crippen LogP contribution >= 0.6 is 39.9 Å². The Morgan fingerprint density at radius 1 is 1.39 bits per heavy atom. The van der Waals surface area contributed by atoms with Crippen LogP contribution < -0.4 is 0 Å². The van der Waals surface area contributed by atoms with Crippen molar-refractivity contribution in [2.75, 3.05) is 0 Å². The molecule has 0 unspecified atom stereocenters. The second-order valence-electron chi connectivity index (χ2n) is 4.56. The lowest BCUT2D eigenvalue weighted by atomic mass is 10.1. The van der Waals surface area contributed by atoms with Gasteiger partial charge in [-0.25, -0.2) is 4.79 Å². The van der Waals surface area contributed by atoms with Crippen molar-refractivity contribution in [3.05, 3.63) is 39.2 Å². The number of halogens is 1. The Kier molecular flexibility index (Phi) is 5.55. The van der Waals surface area contributed by atoms with Gasteiger partial charge in [-0.2, -0.15) is 0 Å². The fourth-order valence-corrected chi connectivity index (χ4v) is 3.72. The minimum Gasteiger partial charge on any atom is -0.481 e. The summed E-state index contributed by atoms with van der Waals surface area (Å²) in [5, 5.41) is 18.0. The normalized spacial score (nSPS) is 17.6. The Morgan fingerprint density at radius 2 is 2.09 bits per heavy atom. The highest BCUT2D eigenvalue weighted by Gasteiger charge is 2.41. The molecule has 9 heteroatoms. The number of amides is 1. The summed E-state index contributed by atoms with van der Waals surface area (Å²) in [6.45, 7) is 0. The molecule has 23 heavy (non-hydrogen) atoms. The molecule has 0 radical (unpaired) electrons. The van der Waals surface area contributed by atoms with E-state index >= 15 is 0 Å². The van der Waals surface area contributed by atoms with Gasteiger partial charge in [0.15, 0.2) is 0 Å². The van der Waals surface area contributed by atoms with E-state index in [0.29, 0.717) is 0 Å². The Bertz CT molecular complexity index is 734. The number of rotatable bonds is 5. The smallest absolute Gasteiger partial charge is 0.327 e. The lowest BCUT2D eigenvalue weighted by Crippen LogP contribution is -2.45. The summed E-state index contributed by atoms with van der Waals surface area (Å²) < 4.78 is 0.862. The molecule has 1 atom stereocenters. The minimum absolute atomic E-state index is 0.0323. The average molecular weight is 416 g/mol. The molecule has 2 rings (SSSR count). The van der Waals surface area contributed by atoms with Gasteiger partial charge in [0.25, 0.3) is 5.91 Å². The summed E-state index contributed by atoms with van der Waals surface area (Å²) in [5.41, 5.74) is 0.741. The Balaban J connectivity index is 2.32. The standard InChI is InChI=1S/C14H10BrNO5S2/c15-8-3-1-2-7(4-8)5-10-12(19)16(14(22)23-10)9(13(20)21)6-11(17)18/h1-5,9H,6H2,(H,17,18)(H,20,21)/b10-5+/t9-/m0/s1. The van der Waals surface area contributed by atoms with Crippen LogP contribution in [-0.2, 0) is 14.4 Å². The van der Waals surface area contributed by atoms with Crippen molar-refractivity contribution in [1.29, 1.82) is 0 Å². The zero-order valence-electron chi connectivity index (χ0n) is 11.4. The van der Waals surface area contributed by atoms with Crippen molar-refractivity contribution < 1.29 is 24.6 Å². The molecule has 1 heterocycles. The number of aliphatic carboxylic acids is 2. The lowest BCUT2D eigenvalue weighted by molar-refractivity contribution is -0.150. The van der Waals surface area contributed by atoms with E-state index in [1.54, 1.807) is 24.3 Å². The predicted molar refractivity (Wildman–Crippen MR) is 92.8 cm³/mol. The second kappa shape index (κ2) is 7.24. The molecule has 1 aliphatic heterocycles. The van der Waals surface area contributed by atoms with Crippen molar-refractivity contribution in [2.24, 2.45) is 0 Å². The maximum absolute atomic E-state index is 12.4. The van der Waals surface area contributed by atoms with Crippen LogP contribution in [0, 0.1) is 0 Å². The first-order chi connectivity index (χ1) is 10.8. The topological polar surface area (TPSA) is 94.9 Å². The monoisotopic (exact) mass is 415 g/mol. The number of hydrogen-bond acceptors (Lipinski definition) is 5. The van der Waals surface area contributed by atoms with E-state index in [4.69, 9.17) is 17.3 Å². The number of nitrogens with zero attached hydrogens (tertiary/aromatic N) is 1. The summed E-state index contributed by atoms with van der Waals surface area (Å²) >= 11 is 9.32. The van der Waals surface area contributed by atoms with Gasteiger partial charge in [-0.05, 0) is 23.8 Å². The number of carbonyl (C=O) groups is 3. The van der Waals surface area contributed by atoms with Gasteiger partial charge in [0.1, 0.15) is 10.4 Å². The zero-order valence-corrected chi connectivity index (χ0v) is 14.7. The molecule has 1 aromatic carbocycles. The fourth-order valence-electron chi connectivity index (χ4n) is 1.95.